The number of tetrazole rings is 1. The van der Waals surface area contributed by atoms with E-state index in [1.165, 1.54) is 12.1 Å². The summed E-state index contributed by atoms with van der Waals surface area (Å²) in [5.74, 6) is 0.361. The first-order chi connectivity index (χ1) is 18.6. The van der Waals surface area contributed by atoms with Crippen molar-refractivity contribution >= 4 is 22.5 Å². The van der Waals surface area contributed by atoms with Crippen LogP contribution in [0.5, 0.6) is 0 Å². The van der Waals surface area contributed by atoms with Crippen molar-refractivity contribution in [1.82, 2.24) is 30.5 Å². The van der Waals surface area contributed by atoms with E-state index in [-0.39, 0.29) is 11.9 Å². The van der Waals surface area contributed by atoms with Crippen LogP contribution in [0.2, 0.25) is 5.02 Å². The fourth-order valence-corrected chi connectivity index (χ4v) is 4.86. The lowest BCUT2D eigenvalue weighted by atomic mass is 10.0. The van der Waals surface area contributed by atoms with Gasteiger partial charge in [0.25, 0.3) is 0 Å². The number of nitrogens with zero attached hydrogens (tertiary/aromatic N) is 4. The molecule has 0 radical (unpaired) electrons. The third-order valence-electron chi connectivity index (χ3n) is 6.64. The van der Waals surface area contributed by atoms with Gasteiger partial charge < -0.3 is 4.98 Å². The van der Waals surface area contributed by atoms with Crippen LogP contribution < -0.4 is 5.32 Å². The van der Waals surface area contributed by atoms with Crippen LogP contribution in [0.4, 0.5) is 4.39 Å². The number of hydrogen-bond acceptors (Lipinski definition) is 4. The Morgan fingerprint density at radius 3 is 2.53 bits per heavy atom. The first kappa shape index (κ1) is 24.0. The molecule has 0 saturated carbocycles. The van der Waals surface area contributed by atoms with Crippen LogP contribution in [-0.2, 0) is 13.1 Å². The number of halogens is 2. The summed E-state index contributed by atoms with van der Waals surface area (Å²) in [6.07, 6.45) is 1.98. The van der Waals surface area contributed by atoms with E-state index in [9.17, 15) is 4.39 Å². The van der Waals surface area contributed by atoms with Crippen molar-refractivity contribution in [2.75, 3.05) is 0 Å². The molecular weight excluding hydrogens is 499 g/mol. The van der Waals surface area contributed by atoms with Crippen molar-refractivity contribution in [2.45, 2.75) is 19.1 Å². The Morgan fingerprint density at radius 1 is 0.895 bits per heavy atom. The second-order valence-electron chi connectivity index (χ2n) is 9.13. The molecule has 1 atom stereocenters. The Balaban J connectivity index is 1.26. The highest BCUT2D eigenvalue weighted by Gasteiger charge is 2.22. The molecule has 0 amide bonds. The van der Waals surface area contributed by atoms with Gasteiger partial charge in [-0.3, -0.25) is 5.32 Å². The van der Waals surface area contributed by atoms with E-state index in [2.05, 4.69) is 56.2 Å². The molecule has 4 aromatic carbocycles. The number of fused-ring (bicyclic) bond motifs is 1. The van der Waals surface area contributed by atoms with Gasteiger partial charge in [-0.25, -0.2) is 9.07 Å². The minimum atomic E-state index is -0.344. The Morgan fingerprint density at radius 2 is 1.71 bits per heavy atom. The van der Waals surface area contributed by atoms with Crippen molar-refractivity contribution in [1.29, 1.82) is 0 Å². The predicted molar refractivity (Wildman–Crippen MR) is 147 cm³/mol. The lowest BCUT2D eigenvalue weighted by Gasteiger charge is -2.19. The quantitative estimate of drug-likeness (QED) is 0.238. The van der Waals surface area contributed by atoms with Crippen LogP contribution in [0.25, 0.3) is 22.0 Å². The highest BCUT2D eigenvalue weighted by molar-refractivity contribution is 6.30. The van der Waals surface area contributed by atoms with Gasteiger partial charge in [-0.1, -0.05) is 78.3 Å². The van der Waals surface area contributed by atoms with Gasteiger partial charge in [0.2, 0.25) is 0 Å². The predicted octanol–water partition coefficient (Wildman–Crippen LogP) is 6.54. The molecule has 6 rings (SSSR count). The third-order valence-corrected chi connectivity index (χ3v) is 6.87. The molecule has 0 aliphatic heterocycles. The lowest BCUT2D eigenvalue weighted by molar-refractivity contribution is 0.525. The first-order valence-electron chi connectivity index (χ1n) is 12.3. The summed E-state index contributed by atoms with van der Waals surface area (Å²) in [7, 11) is 0. The topological polar surface area (TPSA) is 71.4 Å². The normalized spacial score (nSPS) is 12.2. The maximum absolute atomic E-state index is 13.7. The van der Waals surface area contributed by atoms with Crippen molar-refractivity contribution in [2.24, 2.45) is 0 Å². The zero-order valence-electron chi connectivity index (χ0n) is 20.4. The zero-order valence-corrected chi connectivity index (χ0v) is 21.1. The number of rotatable bonds is 8. The number of hydrogen-bond donors (Lipinski definition) is 2. The van der Waals surface area contributed by atoms with E-state index in [1.807, 2.05) is 48.7 Å². The molecule has 0 bridgehead atoms. The summed E-state index contributed by atoms with van der Waals surface area (Å²) in [6.45, 7) is 1.07. The van der Waals surface area contributed by atoms with Gasteiger partial charge in [0.15, 0.2) is 5.82 Å². The molecule has 2 aromatic heterocycles. The van der Waals surface area contributed by atoms with Crippen LogP contribution in [0.3, 0.4) is 0 Å². The summed E-state index contributed by atoms with van der Waals surface area (Å²) >= 11 is 6.16. The SMILES string of the molecule is Fc1ccc(C(NCc2ccc(-c3cccc(Cl)c3)cc2)c2nnnn2Cc2c[nH]c3ccccc23)cc1. The zero-order chi connectivity index (χ0) is 25.9. The highest BCUT2D eigenvalue weighted by atomic mass is 35.5. The third kappa shape index (κ3) is 5.07. The molecule has 1 unspecified atom stereocenters. The molecule has 0 spiro atoms. The minimum Gasteiger partial charge on any atom is -0.361 e. The van der Waals surface area contributed by atoms with Gasteiger partial charge in [-0.05, 0) is 68.6 Å². The Hall–Kier alpha value is -4.33. The molecule has 8 heteroatoms. The van der Waals surface area contributed by atoms with E-state index < -0.39 is 0 Å². The number of benzene rings is 4. The summed E-state index contributed by atoms with van der Waals surface area (Å²) in [5.41, 5.74) is 6.28. The van der Waals surface area contributed by atoms with Crippen LogP contribution >= 0.6 is 11.6 Å². The van der Waals surface area contributed by atoms with E-state index in [0.29, 0.717) is 23.9 Å². The van der Waals surface area contributed by atoms with Gasteiger partial charge >= 0.3 is 0 Å². The number of aromatic nitrogens is 5. The largest absolute Gasteiger partial charge is 0.361 e. The van der Waals surface area contributed by atoms with Crippen LogP contribution in [0.15, 0.2) is 103 Å². The molecule has 6 nitrogen and oxygen atoms in total. The number of nitrogens with one attached hydrogen (secondary N) is 2. The summed E-state index contributed by atoms with van der Waals surface area (Å²) in [6, 6.07) is 30.4. The Kier molecular flexibility index (Phi) is 6.69. The highest BCUT2D eigenvalue weighted by Crippen LogP contribution is 2.26. The summed E-state index contributed by atoms with van der Waals surface area (Å²) < 4.78 is 15.5. The monoisotopic (exact) mass is 522 g/mol. The molecule has 188 valence electrons. The van der Waals surface area contributed by atoms with Crippen LogP contribution in [0.1, 0.15) is 28.6 Å². The molecule has 0 aliphatic rings. The average molecular weight is 523 g/mol. The average Bonchev–Trinajstić information content (AvgIpc) is 3.58. The van der Waals surface area contributed by atoms with E-state index in [4.69, 9.17) is 11.6 Å². The number of para-hydroxylation sites is 1. The maximum atomic E-state index is 13.7. The molecule has 2 heterocycles. The van der Waals surface area contributed by atoms with Crippen molar-refractivity contribution in [3.8, 4) is 11.1 Å². The molecule has 2 N–H and O–H groups in total. The molecular formula is C30H24ClFN6. The lowest BCUT2D eigenvalue weighted by Crippen LogP contribution is -2.26. The Bertz CT molecular complexity index is 1670. The standard InChI is InChI=1S/C30H24ClFN6/c31-25-5-3-4-23(16-25)21-10-8-20(9-11-21)17-34-29(22-12-14-26(32)15-13-22)30-35-36-37-38(30)19-24-18-33-28-7-2-1-6-27(24)28/h1-16,18,29,33-34H,17,19H2. The van der Waals surface area contributed by atoms with Gasteiger partial charge in [0.1, 0.15) is 5.82 Å². The summed E-state index contributed by atoms with van der Waals surface area (Å²) in [5, 5.41) is 18.1. The van der Waals surface area contributed by atoms with Crippen LogP contribution in [-0.4, -0.2) is 25.2 Å². The fraction of sp³-hybridized carbons (Fsp3) is 0.100. The minimum absolute atomic E-state index is 0.289. The number of aromatic amines is 1. The second kappa shape index (κ2) is 10.6. The fourth-order valence-electron chi connectivity index (χ4n) is 4.67. The number of H-pyrrole nitrogens is 1. The van der Waals surface area contributed by atoms with Gasteiger partial charge in [-0.15, -0.1) is 5.10 Å². The van der Waals surface area contributed by atoms with Crippen molar-refractivity contribution < 1.29 is 4.39 Å². The maximum Gasteiger partial charge on any atom is 0.173 e. The van der Waals surface area contributed by atoms with Gasteiger partial charge in [0, 0.05) is 28.7 Å². The first-order valence-corrected chi connectivity index (χ1v) is 12.7. The van der Waals surface area contributed by atoms with Crippen molar-refractivity contribution in [3.63, 3.8) is 0 Å². The molecule has 0 fully saturated rings. The van der Waals surface area contributed by atoms with Crippen molar-refractivity contribution in [3.05, 3.63) is 137 Å². The Labute approximate surface area is 224 Å². The van der Waals surface area contributed by atoms with Gasteiger partial charge in [-0.2, -0.15) is 0 Å². The van der Waals surface area contributed by atoms with Gasteiger partial charge in [0.05, 0.1) is 12.6 Å². The molecule has 38 heavy (non-hydrogen) atoms. The summed E-state index contributed by atoms with van der Waals surface area (Å²) in [4.78, 5) is 3.31. The molecule has 0 aliphatic carbocycles. The van der Waals surface area contributed by atoms with E-state index in [0.717, 1.165) is 38.7 Å². The molecule has 0 saturated heterocycles. The van der Waals surface area contributed by atoms with E-state index in [1.54, 1.807) is 16.8 Å². The smallest absolute Gasteiger partial charge is 0.173 e. The second-order valence-corrected chi connectivity index (χ2v) is 9.56. The molecule has 6 aromatic rings. The van der Waals surface area contributed by atoms with Crippen LogP contribution in [0, 0.1) is 5.82 Å². The van der Waals surface area contributed by atoms with E-state index >= 15 is 0 Å².